The number of nitriles is 1. The molecule has 2 aromatic carbocycles. The van der Waals surface area contributed by atoms with Crippen LogP contribution in [0.1, 0.15) is 15.9 Å². The zero-order valence-corrected chi connectivity index (χ0v) is 12.3. The number of nitrogens with zero attached hydrogens (tertiary/aromatic N) is 1. The molecular formula is C17H13N3O3. The number of hydrogen-bond acceptors (Lipinski definition) is 5. The Morgan fingerprint density at radius 1 is 1.22 bits per heavy atom. The van der Waals surface area contributed by atoms with Crippen molar-refractivity contribution in [1.82, 2.24) is 0 Å². The average Bonchev–Trinajstić information content (AvgIpc) is 2.87. The second-order valence-corrected chi connectivity index (χ2v) is 5.06. The van der Waals surface area contributed by atoms with Crippen LogP contribution in [0.2, 0.25) is 0 Å². The summed E-state index contributed by atoms with van der Waals surface area (Å²) in [5, 5.41) is 15.3. The van der Waals surface area contributed by atoms with Crippen molar-refractivity contribution in [3.8, 4) is 6.07 Å². The van der Waals surface area contributed by atoms with E-state index in [2.05, 4.69) is 21.4 Å². The number of ether oxygens (including phenoxy) is 1. The minimum absolute atomic E-state index is 0.389. The van der Waals surface area contributed by atoms with Crippen molar-refractivity contribution >= 4 is 23.3 Å². The molecule has 1 aliphatic rings. The maximum atomic E-state index is 12.3. The first-order valence-electron chi connectivity index (χ1n) is 6.89. The number of methoxy groups -OCH3 is 1. The van der Waals surface area contributed by atoms with Gasteiger partial charge in [0.05, 0.1) is 12.7 Å². The molecule has 0 unspecified atom stereocenters. The minimum Gasteiger partial charge on any atom is -0.465 e. The molecule has 1 atom stereocenters. The topological polar surface area (TPSA) is 91.2 Å². The van der Waals surface area contributed by atoms with E-state index in [0.29, 0.717) is 22.5 Å². The molecule has 0 bridgehead atoms. The highest BCUT2D eigenvalue weighted by atomic mass is 16.5. The molecule has 0 spiro atoms. The van der Waals surface area contributed by atoms with Gasteiger partial charge in [-0.05, 0) is 30.3 Å². The molecule has 0 saturated carbocycles. The van der Waals surface area contributed by atoms with Crippen molar-refractivity contribution in [1.29, 1.82) is 5.26 Å². The Labute approximate surface area is 132 Å². The van der Waals surface area contributed by atoms with E-state index in [1.165, 1.54) is 7.11 Å². The van der Waals surface area contributed by atoms with Crippen LogP contribution >= 0.6 is 0 Å². The van der Waals surface area contributed by atoms with Crippen LogP contribution in [0.4, 0.5) is 11.4 Å². The van der Waals surface area contributed by atoms with Gasteiger partial charge in [0.1, 0.15) is 6.07 Å². The molecular weight excluding hydrogens is 294 g/mol. The van der Waals surface area contributed by atoms with E-state index in [1.807, 2.05) is 0 Å². The van der Waals surface area contributed by atoms with Crippen LogP contribution in [0.25, 0.3) is 0 Å². The average molecular weight is 307 g/mol. The molecule has 2 N–H and O–H groups in total. The van der Waals surface area contributed by atoms with E-state index in [0.717, 1.165) is 0 Å². The number of esters is 1. The van der Waals surface area contributed by atoms with Gasteiger partial charge in [0.15, 0.2) is 0 Å². The number of benzene rings is 2. The predicted molar refractivity (Wildman–Crippen MR) is 83.8 cm³/mol. The Hall–Kier alpha value is -3.33. The molecule has 3 rings (SSSR count). The first-order valence-corrected chi connectivity index (χ1v) is 6.89. The van der Waals surface area contributed by atoms with Crippen molar-refractivity contribution in [3.05, 3.63) is 59.7 Å². The van der Waals surface area contributed by atoms with E-state index in [-0.39, 0.29) is 0 Å². The van der Waals surface area contributed by atoms with Crippen LogP contribution in [0.15, 0.2) is 48.5 Å². The molecule has 0 fully saturated rings. The van der Waals surface area contributed by atoms with Gasteiger partial charge in [-0.25, -0.2) is 4.79 Å². The maximum Gasteiger partial charge on any atom is 0.337 e. The van der Waals surface area contributed by atoms with E-state index in [4.69, 9.17) is 0 Å². The molecule has 2 aromatic rings. The fourth-order valence-electron chi connectivity index (χ4n) is 2.54. The third kappa shape index (κ3) is 2.28. The summed E-state index contributed by atoms with van der Waals surface area (Å²) in [6.07, 6.45) is 0. The summed E-state index contributed by atoms with van der Waals surface area (Å²) < 4.78 is 4.64. The standard InChI is InChI=1S/C17H13N3O3/c1-23-15(21)11-6-8-12(9-7-11)20-17(10-18)13-4-2-3-5-14(13)19-16(17)22/h2-9,20H,1H3,(H,19,22)/t17-/m1/s1. The van der Waals surface area contributed by atoms with Crippen LogP contribution in [-0.2, 0) is 15.1 Å². The number of hydrogen-bond donors (Lipinski definition) is 2. The smallest absolute Gasteiger partial charge is 0.337 e. The quantitative estimate of drug-likeness (QED) is 0.849. The second-order valence-electron chi connectivity index (χ2n) is 5.06. The highest BCUT2D eigenvalue weighted by Crippen LogP contribution is 2.37. The van der Waals surface area contributed by atoms with Gasteiger partial charge in [-0.1, -0.05) is 18.2 Å². The van der Waals surface area contributed by atoms with Crippen LogP contribution < -0.4 is 10.6 Å². The molecule has 0 aliphatic carbocycles. The van der Waals surface area contributed by atoms with Crippen LogP contribution in [0, 0.1) is 11.3 Å². The summed E-state index contributed by atoms with van der Waals surface area (Å²) in [4.78, 5) is 23.8. The molecule has 1 aliphatic heterocycles. The Bertz CT molecular complexity index is 824. The molecule has 0 radical (unpaired) electrons. The Morgan fingerprint density at radius 3 is 2.57 bits per heavy atom. The van der Waals surface area contributed by atoms with Gasteiger partial charge in [0, 0.05) is 16.9 Å². The normalized spacial score (nSPS) is 18.5. The number of rotatable bonds is 3. The predicted octanol–water partition coefficient (Wildman–Crippen LogP) is 2.26. The monoisotopic (exact) mass is 307 g/mol. The zero-order chi connectivity index (χ0) is 16.4. The van der Waals surface area contributed by atoms with Gasteiger partial charge in [0.2, 0.25) is 5.54 Å². The molecule has 1 heterocycles. The van der Waals surface area contributed by atoms with E-state index < -0.39 is 17.4 Å². The number of nitrogens with one attached hydrogen (secondary N) is 2. The largest absolute Gasteiger partial charge is 0.465 e. The van der Waals surface area contributed by atoms with Crippen molar-refractivity contribution < 1.29 is 14.3 Å². The van der Waals surface area contributed by atoms with Crippen LogP contribution in [0.5, 0.6) is 0 Å². The van der Waals surface area contributed by atoms with Gasteiger partial charge >= 0.3 is 5.97 Å². The molecule has 114 valence electrons. The fraction of sp³-hybridized carbons (Fsp3) is 0.118. The lowest BCUT2D eigenvalue weighted by molar-refractivity contribution is -0.118. The number of amides is 1. The molecule has 6 nitrogen and oxygen atoms in total. The second kappa shape index (κ2) is 5.46. The summed E-state index contributed by atoms with van der Waals surface area (Å²) in [5.41, 5.74) is 0.622. The Balaban J connectivity index is 1.96. The SMILES string of the molecule is COC(=O)c1ccc(N[C@@]2(C#N)C(=O)Nc3ccccc32)cc1. The number of para-hydroxylation sites is 1. The summed E-state index contributed by atoms with van der Waals surface area (Å²) >= 11 is 0. The first kappa shape index (κ1) is 14.6. The van der Waals surface area contributed by atoms with E-state index in [9.17, 15) is 14.9 Å². The maximum absolute atomic E-state index is 12.3. The Kier molecular flexibility index (Phi) is 3.47. The molecule has 0 saturated heterocycles. The van der Waals surface area contributed by atoms with Crippen molar-refractivity contribution in [2.24, 2.45) is 0 Å². The summed E-state index contributed by atoms with van der Waals surface area (Å²) in [6, 6.07) is 15.5. The highest BCUT2D eigenvalue weighted by Gasteiger charge is 2.47. The van der Waals surface area contributed by atoms with Gasteiger partial charge < -0.3 is 15.4 Å². The minimum atomic E-state index is -1.50. The highest BCUT2D eigenvalue weighted by molar-refractivity contribution is 6.09. The number of carbonyl (C=O) groups excluding carboxylic acids is 2. The molecule has 6 heteroatoms. The lowest BCUT2D eigenvalue weighted by Crippen LogP contribution is -2.40. The third-order valence-electron chi connectivity index (χ3n) is 3.73. The third-order valence-corrected chi connectivity index (χ3v) is 3.73. The van der Waals surface area contributed by atoms with E-state index >= 15 is 0 Å². The Morgan fingerprint density at radius 2 is 1.91 bits per heavy atom. The molecule has 0 aromatic heterocycles. The van der Waals surface area contributed by atoms with Gasteiger partial charge in [-0.3, -0.25) is 4.79 Å². The molecule has 1 amide bonds. The number of anilines is 2. The summed E-state index contributed by atoms with van der Waals surface area (Å²) in [5.74, 6) is -0.881. The number of carbonyl (C=O) groups is 2. The molecule has 23 heavy (non-hydrogen) atoms. The first-order chi connectivity index (χ1) is 11.1. The van der Waals surface area contributed by atoms with Crippen LogP contribution in [0.3, 0.4) is 0 Å². The summed E-state index contributed by atoms with van der Waals surface area (Å²) in [6.45, 7) is 0. The lowest BCUT2D eigenvalue weighted by atomic mass is 9.92. The lowest BCUT2D eigenvalue weighted by Gasteiger charge is -2.22. The van der Waals surface area contributed by atoms with Crippen molar-refractivity contribution in [3.63, 3.8) is 0 Å². The van der Waals surface area contributed by atoms with Gasteiger partial charge in [-0.15, -0.1) is 0 Å². The zero-order valence-electron chi connectivity index (χ0n) is 12.3. The fourth-order valence-corrected chi connectivity index (χ4v) is 2.54. The van der Waals surface area contributed by atoms with Gasteiger partial charge in [0.25, 0.3) is 5.91 Å². The van der Waals surface area contributed by atoms with Gasteiger partial charge in [-0.2, -0.15) is 5.26 Å². The van der Waals surface area contributed by atoms with Crippen molar-refractivity contribution in [2.75, 3.05) is 17.7 Å². The van der Waals surface area contributed by atoms with E-state index in [1.54, 1.807) is 48.5 Å². The van der Waals surface area contributed by atoms with Crippen LogP contribution in [-0.4, -0.2) is 19.0 Å². The summed E-state index contributed by atoms with van der Waals surface area (Å²) in [7, 11) is 1.30. The number of fused-ring (bicyclic) bond motifs is 1. The van der Waals surface area contributed by atoms with Crippen molar-refractivity contribution in [2.45, 2.75) is 5.54 Å².